The fourth-order valence-electron chi connectivity index (χ4n) is 2.13. The standard InChI is InChI=1S/C13H15BrN2/c1-9-7-16(8-10(9)2)12-4-3-11(6-15)13(14)5-12/h3-5,9-10H,7-8H2,1-2H3. The zero-order chi connectivity index (χ0) is 11.7. The van der Waals surface area contributed by atoms with E-state index < -0.39 is 0 Å². The summed E-state index contributed by atoms with van der Waals surface area (Å²) >= 11 is 3.44. The maximum absolute atomic E-state index is 8.87. The number of nitriles is 1. The van der Waals surface area contributed by atoms with Gasteiger partial charge in [0.05, 0.1) is 5.56 Å². The molecule has 3 heteroatoms. The monoisotopic (exact) mass is 278 g/mol. The van der Waals surface area contributed by atoms with Crippen molar-refractivity contribution in [3.8, 4) is 6.07 Å². The van der Waals surface area contributed by atoms with Crippen LogP contribution in [0, 0.1) is 23.2 Å². The van der Waals surface area contributed by atoms with E-state index in [-0.39, 0.29) is 0 Å². The first-order valence-corrected chi connectivity index (χ1v) is 6.35. The van der Waals surface area contributed by atoms with Crippen molar-refractivity contribution in [2.45, 2.75) is 13.8 Å². The molecule has 0 N–H and O–H groups in total. The smallest absolute Gasteiger partial charge is 0.100 e. The van der Waals surface area contributed by atoms with E-state index >= 15 is 0 Å². The number of anilines is 1. The van der Waals surface area contributed by atoms with Gasteiger partial charge in [0.15, 0.2) is 0 Å². The second-order valence-corrected chi connectivity index (χ2v) is 5.49. The van der Waals surface area contributed by atoms with Crippen molar-refractivity contribution in [2.75, 3.05) is 18.0 Å². The van der Waals surface area contributed by atoms with E-state index in [9.17, 15) is 0 Å². The molecule has 1 aliphatic rings. The van der Waals surface area contributed by atoms with Crippen molar-refractivity contribution >= 4 is 21.6 Å². The highest BCUT2D eigenvalue weighted by molar-refractivity contribution is 9.10. The number of benzene rings is 1. The Hall–Kier alpha value is -1.01. The lowest BCUT2D eigenvalue weighted by molar-refractivity contribution is 0.494. The molecule has 1 aliphatic heterocycles. The summed E-state index contributed by atoms with van der Waals surface area (Å²) in [6, 6.07) is 8.13. The Balaban J connectivity index is 2.23. The molecule has 0 aromatic heterocycles. The molecule has 1 saturated heterocycles. The van der Waals surface area contributed by atoms with Crippen molar-refractivity contribution in [2.24, 2.45) is 11.8 Å². The number of rotatable bonds is 1. The minimum atomic E-state index is 0.698. The predicted molar refractivity (Wildman–Crippen MR) is 69.4 cm³/mol. The van der Waals surface area contributed by atoms with Crippen molar-refractivity contribution in [1.82, 2.24) is 0 Å². The van der Waals surface area contributed by atoms with Crippen molar-refractivity contribution < 1.29 is 0 Å². The van der Waals surface area contributed by atoms with E-state index in [4.69, 9.17) is 5.26 Å². The Morgan fingerprint density at radius 2 is 1.94 bits per heavy atom. The Kier molecular flexibility index (Phi) is 3.20. The minimum absolute atomic E-state index is 0.698. The molecule has 1 aromatic carbocycles. The normalized spacial score (nSPS) is 24.5. The van der Waals surface area contributed by atoms with E-state index in [1.165, 1.54) is 5.69 Å². The van der Waals surface area contributed by atoms with Gasteiger partial charge in [-0.15, -0.1) is 0 Å². The molecule has 0 radical (unpaired) electrons. The van der Waals surface area contributed by atoms with Gasteiger partial charge < -0.3 is 4.90 Å². The molecule has 0 bridgehead atoms. The van der Waals surface area contributed by atoms with E-state index in [2.05, 4.69) is 40.7 Å². The zero-order valence-electron chi connectivity index (χ0n) is 9.57. The first-order valence-electron chi connectivity index (χ1n) is 5.56. The van der Waals surface area contributed by atoms with Crippen LogP contribution < -0.4 is 4.90 Å². The topological polar surface area (TPSA) is 27.0 Å². The Labute approximate surface area is 105 Å². The van der Waals surface area contributed by atoms with Crippen molar-refractivity contribution in [3.63, 3.8) is 0 Å². The second-order valence-electron chi connectivity index (χ2n) is 4.64. The number of halogens is 1. The maximum Gasteiger partial charge on any atom is 0.100 e. The van der Waals surface area contributed by atoms with E-state index in [1.54, 1.807) is 0 Å². The second kappa shape index (κ2) is 4.47. The van der Waals surface area contributed by atoms with Crippen LogP contribution in [0.5, 0.6) is 0 Å². The molecule has 2 unspecified atom stereocenters. The minimum Gasteiger partial charge on any atom is -0.371 e. The highest BCUT2D eigenvalue weighted by Gasteiger charge is 2.26. The predicted octanol–water partition coefficient (Wildman–Crippen LogP) is 3.41. The van der Waals surface area contributed by atoms with Gasteiger partial charge in [0.1, 0.15) is 6.07 Å². The van der Waals surface area contributed by atoms with Crippen LogP contribution >= 0.6 is 15.9 Å². The molecular weight excluding hydrogens is 264 g/mol. The van der Waals surface area contributed by atoms with Crippen LogP contribution in [0.25, 0.3) is 0 Å². The zero-order valence-corrected chi connectivity index (χ0v) is 11.2. The molecule has 2 atom stereocenters. The molecule has 16 heavy (non-hydrogen) atoms. The van der Waals surface area contributed by atoms with Gasteiger partial charge in [-0.05, 0) is 46.0 Å². The number of hydrogen-bond donors (Lipinski definition) is 0. The fraction of sp³-hybridized carbons (Fsp3) is 0.462. The third-order valence-corrected chi connectivity index (χ3v) is 4.08. The van der Waals surface area contributed by atoms with Crippen molar-refractivity contribution in [1.29, 1.82) is 5.26 Å². The van der Waals surface area contributed by atoms with Gasteiger partial charge in [0.2, 0.25) is 0 Å². The average Bonchev–Trinajstić information content (AvgIpc) is 2.59. The largest absolute Gasteiger partial charge is 0.371 e. The lowest BCUT2D eigenvalue weighted by atomic mass is 10.0. The van der Waals surface area contributed by atoms with Gasteiger partial charge in [-0.3, -0.25) is 0 Å². The molecule has 1 fully saturated rings. The summed E-state index contributed by atoms with van der Waals surface area (Å²) in [6.07, 6.45) is 0. The van der Waals surface area contributed by atoms with Gasteiger partial charge in [0.25, 0.3) is 0 Å². The summed E-state index contributed by atoms with van der Waals surface area (Å²) in [4.78, 5) is 2.39. The summed E-state index contributed by atoms with van der Waals surface area (Å²) in [6.45, 7) is 6.81. The summed E-state index contributed by atoms with van der Waals surface area (Å²) < 4.78 is 0.889. The number of nitrogens with zero attached hydrogens (tertiary/aromatic N) is 2. The van der Waals surface area contributed by atoms with Gasteiger partial charge in [-0.2, -0.15) is 5.26 Å². The van der Waals surface area contributed by atoms with Gasteiger partial charge >= 0.3 is 0 Å². The highest BCUT2D eigenvalue weighted by atomic mass is 79.9. The Bertz CT molecular complexity index is 426. The van der Waals surface area contributed by atoms with Gasteiger partial charge in [-0.1, -0.05) is 13.8 Å². The van der Waals surface area contributed by atoms with Crippen LogP contribution in [-0.2, 0) is 0 Å². The number of hydrogen-bond acceptors (Lipinski definition) is 2. The molecule has 0 spiro atoms. The Morgan fingerprint density at radius 1 is 1.31 bits per heavy atom. The molecule has 1 aromatic rings. The van der Waals surface area contributed by atoms with Gasteiger partial charge in [0, 0.05) is 23.2 Å². The van der Waals surface area contributed by atoms with Crippen LogP contribution in [-0.4, -0.2) is 13.1 Å². The molecule has 84 valence electrons. The molecule has 0 aliphatic carbocycles. The highest BCUT2D eigenvalue weighted by Crippen LogP contribution is 2.30. The van der Waals surface area contributed by atoms with E-state index in [0.29, 0.717) is 5.56 Å². The van der Waals surface area contributed by atoms with E-state index in [0.717, 1.165) is 29.4 Å². The maximum atomic E-state index is 8.87. The van der Waals surface area contributed by atoms with Gasteiger partial charge in [-0.25, -0.2) is 0 Å². The van der Waals surface area contributed by atoms with Crippen LogP contribution in [0.1, 0.15) is 19.4 Å². The average molecular weight is 279 g/mol. The SMILES string of the molecule is CC1CN(c2ccc(C#N)c(Br)c2)CC1C. The van der Waals surface area contributed by atoms with Crippen LogP contribution in [0.15, 0.2) is 22.7 Å². The lowest BCUT2D eigenvalue weighted by Crippen LogP contribution is -2.19. The van der Waals surface area contributed by atoms with Crippen LogP contribution in [0.3, 0.4) is 0 Å². The summed E-state index contributed by atoms with van der Waals surface area (Å²) in [5.74, 6) is 1.49. The summed E-state index contributed by atoms with van der Waals surface area (Å²) in [5, 5.41) is 8.87. The first kappa shape index (κ1) is 11.5. The summed E-state index contributed by atoms with van der Waals surface area (Å²) in [5.41, 5.74) is 1.91. The lowest BCUT2D eigenvalue weighted by Gasteiger charge is -2.18. The van der Waals surface area contributed by atoms with Crippen molar-refractivity contribution in [3.05, 3.63) is 28.2 Å². The van der Waals surface area contributed by atoms with E-state index in [1.807, 2.05) is 18.2 Å². The molecule has 2 rings (SSSR count). The van der Waals surface area contributed by atoms with Crippen LogP contribution in [0.4, 0.5) is 5.69 Å². The molecule has 1 heterocycles. The van der Waals surface area contributed by atoms with Crippen LogP contribution in [0.2, 0.25) is 0 Å². The third kappa shape index (κ3) is 2.08. The Morgan fingerprint density at radius 3 is 2.44 bits per heavy atom. The fourth-order valence-corrected chi connectivity index (χ4v) is 2.59. The summed E-state index contributed by atoms with van der Waals surface area (Å²) in [7, 11) is 0. The quantitative estimate of drug-likeness (QED) is 0.787. The molecule has 0 saturated carbocycles. The third-order valence-electron chi connectivity index (χ3n) is 3.43. The molecular formula is C13H15BrN2. The molecule has 2 nitrogen and oxygen atoms in total. The molecule has 0 amide bonds. The first-order chi connectivity index (χ1) is 7.61.